The Labute approximate surface area is 117 Å². The van der Waals surface area contributed by atoms with Gasteiger partial charge in [0.25, 0.3) is 0 Å². The molecule has 0 saturated carbocycles. The molecule has 0 aromatic rings. The van der Waals surface area contributed by atoms with Crippen molar-refractivity contribution in [1.82, 2.24) is 10.2 Å². The van der Waals surface area contributed by atoms with E-state index in [0.717, 1.165) is 6.54 Å². The minimum atomic E-state index is -0.377. The third-order valence-electron chi connectivity index (χ3n) is 3.38. The highest BCUT2D eigenvalue weighted by Gasteiger charge is 2.17. The molecule has 1 unspecified atom stereocenters. The summed E-state index contributed by atoms with van der Waals surface area (Å²) in [6, 6.07) is 0.555. The zero-order valence-corrected chi connectivity index (χ0v) is 13.0. The molecule has 0 aromatic heterocycles. The fourth-order valence-corrected chi connectivity index (χ4v) is 2.38. The topological polar surface area (TPSA) is 41.6 Å². The van der Waals surface area contributed by atoms with Crippen LogP contribution in [0.25, 0.3) is 0 Å². The van der Waals surface area contributed by atoms with E-state index in [0.29, 0.717) is 19.0 Å². The van der Waals surface area contributed by atoms with Crippen LogP contribution in [0.4, 0.5) is 0 Å². The van der Waals surface area contributed by atoms with Crippen LogP contribution in [0.1, 0.15) is 53.4 Å². The van der Waals surface area contributed by atoms with Crippen LogP contribution in [0.2, 0.25) is 0 Å². The Kier molecular flexibility index (Phi) is 6.80. The zero-order chi connectivity index (χ0) is 14.3. The van der Waals surface area contributed by atoms with Crippen LogP contribution in [-0.4, -0.2) is 48.7 Å². The lowest BCUT2D eigenvalue weighted by Gasteiger charge is -2.32. The van der Waals surface area contributed by atoms with Gasteiger partial charge in [0.2, 0.25) is 0 Å². The summed E-state index contributed by atoms with van der Waals surface area (Å²) in [5, 5.41) is 3.36. The number of hydrogen-bond donors (Lipinski definition) is 1. The number of esters is 1. The van der Waals surface area contributed by atoms with Gasteiger partial charge < -0.3 is 10.1 Å². The molecule has 0 bridgehead atoms. The largest absolute Gasteiger partial charge is 0.460 e. The lowest BCUT2D eigenvalue weighted by molar-refractivity contribution is -0.154. The lowest BCUT2D eigenvalue weighted by atomic mass is 10.1. The highest BCUT2D eigenvalue weighted by atomic mass is 16.6. The maximum atomic E-state index is 11.5. The molecule has 1 saturated heterocycles. The van der Waals surface area contributed by atoms with Gasteiger partial charge in [-0.3, -0.25) is 9.69 Å². The first kappa shape index (κ1) is 16.4. The fraction of sp³-hybridized carbons (Fsp3) is 0.933. The Balaban J connectivity index is 2.08. The minimum Gasteiger partial charge on any atom is -0.460 e. The number of ether oxygens (including phenoxy) is 1. The summed E-state index contributed by atoms with van der Waals surface area (Å²) < 4.78 is 5.27. The molecule has 1 N–H and O–H groups in total. The van der Waals surface area contributed by atoms with E-state index in [9.17, 15) is 4.79 Å². The molecule has 1 aliphatic rings. The van der Waals surface area contributed by atoms with E-state index in [-0.39, 0.29) is 11.6 Å². The number of carbonyl (C=O) groups excluding carboxylic acids is 1. The van der Waals surface area contributed by atoms with Crippen LogP contribution in [0.15, 0.2) is 0 Å². The van der Waals surface area contributed by atoms with Crippen molar-refractivity contribution in [2.75, 3.05) is 26.2 Å². The third-order valence-corrected chi connectivity index (χ3v) is 3.38. The van der Waals surface area contributed by atoms with E-state index in [2.05, 4.69) is 17.1 Å². The van der Waals surface area contributed by atoms with E-state index in [4.69, 9.17) is 4.74 Å². The van der Waals surface area contributed by atoms with Crippen LogP contribution in [0.5, 0.6) is 0 Å². The highest BCUT2D eigenvalue weighted by Crippen LogP contribution is 2.11. The molecule has 0 aliphatic carbocycles. The molecule has 0 aromatic carbocycles. The van der Waals surface area contributed by atoms with Gasteiger partial charge >= 0.3 is 5.97 Å². The molecule has 0 spiro atoms. The summed E-state index contributed by atoms with van der Waals surface area (Å²) in [4.78, 5) is 14.1. The maximum absolute atomic E-state index is 11.5. The van der Waals surface area contributed by atoms with E-state index in [1.54, 1.807) is 0 Å². The molecular weight excluding hydrogens is 240 g/mol. The average Bonchev–Trinajstić information content (AvgIpc) is 2.33. The smallest absolute Gasteiger partial charge is 0.307 e. The van der Waals surface area contributed by atoms with Crippen molar-refractivity contribution in [2.45, 2.75) is 65.0 Å². The van der Waals surface area contributed by atoms with Crippen LogP contribution >= 0.6 is 0 Å². The first-order valence-corrected chi connectivity index (χ1v) is 7.55. The van der Waals surface area contributed by atoms with Gasteiger partial charge in [-0.15, -0.1) is 0 Å². The molecule has 4 nitrogen and oxygen atoms in total. The molecule has 1 atom stereocenters. The average molecular weight is 270 g/mol. The summed E-state index contributed by atoms with van der Waals surface area (Å²) in [6.07, 6.45) is 4.46. The normalized spacial score (nSPS) is 19.2. The number of likely N-dealkylation sites (tertiary alicyclic amines) is 1. The van der Waals surface area contributed by atoms with Crippen molar-refractivity contribution in [3.05, 3.63) is 0 Å². The molecule has 4 heteroatoms. The Morgan fingerprint density at radius 1 is 1.26 bits per heavy atom. The van der Waals surface area contributed by atoms with Crippen molar-refractivity contribution in [2.24, 2.45) is 0 Å². The van der Waals surface area contributed by atoms with Gasteiger partial charge in [-0.1, -0.05) is 6.42 Å². The molecule has 0 radical (unpaired) electrons. The summed E-state index contributed by atoms with van der Waals surface area (Å²) in [5.74, 6) is -0.120. The second-order valence-corrected chi connectivity index (χ2v) is 6.49. The van der Waals surface area contributed by atoms with E-state index in [1.807, 2.05) is 20.8 Å². The number of hydrogen-bond acceptors (Lipinski definition) is 4. The maximum Gasteiger partial charge on any atom is 0.307 e. The number of nitrogens with zero attached hydrogens (tertiary/aromatic N) is 1. The number of carbonyl (C=O) groups is 1. The SMILES string of the molecule is CC(CNCCC(=O)OC(C)(C)C)N1CCCCC1. The predicted molar refractivity (Wildman–Crippen MR) is 78.2 cm³/mol. The second kappa shape index (κ2) is 7.85. The Morgan fingerprint density at radius 2 is 1.89 bits per heavy atom. The molecule has 19 heavy (non-hydrogen) atoms. The van der Waals surface area contributed by atoms with Gasteiger partial charge in [0, 0.05) is 19.1 Å². The van der Waals surface area contributed by atoms with E-state index in [1.165, 1.54) is 32.4 Å². The van der Waals surface area contributed by atoms with Gasteiger partial charge in [-0.2, -0.15) is 0 Å². The van der Waals surface area contributed by atoms with Crippen molar-refractivity contribution in [3.63, 3.8) is 0 Å². The van der Waals surface area contributed by atoms with Crippen LogP contribution in [0, 0.1) is 0 Å². The first-order valence-electron chi connectivity index (χ1n) is 7.55. The Morgan fingerprint density at radius 3 is 2.47 bits per heavy atom. The van der Waals surface area contributed by atoms with Crippen molar-refractivity contribution >= 4 is 5.97 Å². The van der Waals surface area contributed by atoms with Crippen LogP contribution in [0.3, 0.4) is 0 Å². The first-order chi connectivity index (χ1) is 8.88. The number of piperidine rings is 1. The molecule has 1 rings (SSSR count). The molecule has 0 amide bonds. The number of nitrogens with one attached hydrogen (secondary N) is 1. The monoisotopic (exact) mass is 270 g/mol. The third kappa shape index (κ3) is 7.53. The second-order valence-electron chi connectivity index (χ2n) is 6.49. The van der Waals surface area contributed by atoms with Gasteiger partial charge in [0.1, 0.15) is 5.60 Å². The van der Waals surface area contributed by atoms with E-state index < -0.39 is 0 Å². The Hall–Kier alpha value is -0.610. The zero-order valence-electron chi connectivity index (χ0n) is 13.0. The summed E-state index contributed by atoms with van der Waals surface area (Å²) >= 11 is 0. The number of rotatable bonds is 6. The van der Waals surface area contributed by atoms with Crippen molar-refractivity contribution in [1.29, 1.82) is 0 Å². The Bertz CT molecular complexity index is 268. The molecule has 112 valence electrons. The summed E-state index contributed by atoms with van der Waals surface area (Å²) in [5.41, 5.74) is -0.377. The molecule has 1 fully saturated rings. The fourth-order valence-electron chi connectivity index (χ4n) is 2.38. The summed E-state index contributed by atoms with van der Waals surface area (Å²) in [6.45, 7) is 12.0. The standard InChI is InChI=1S/C15H30N2O2/c1-13(17-10-6-5-7-11-17)12-16-9-8-14(18)19-15(2,3)4/h13,16H,5-12H2,1-4H3. The molecule has 1 heterocycles. The summed E-state index contributed by atoms with van der Waals surface area (Å²) in [7, 11) is 0. The van der Waals surface area contributed by atoms with Gasteiger partial charge in [0.15, 0.2) is 0 Å². The van der Waals surface area contributed by atoms with Crippen molar-refractivity contribution < 1.29 is 9.53 Å². The lowest BCUT2D eigenvalue weighted by Crippen LogP contribution is -2.43. The predicted octanol–water partition coefficient (Wildman–Crippen LogP) is 2.18. The van der Waals surface area contributed by atoms with Crippen LogP contribution in [-0.2, 0) is 9.53 Å². The van der Waals surface area contributed by atoms with Gasteiger partial charge in [-0.05, 0) is 53.6 Å². The quantitative estimate of drug-likeness (QED) is 0.593. The molecule has 1 aliphatic heterocycles. The van der Waals surface area contributed by atoms with Gasteiger partial charge in [-0.25, -0.2) is 0 Å². The van der Waals surface area contributed by atoms with Crippen molar-refractivity contribution in [3.8, 4) is 0 Å². The van der Waals surface area contributed by atoms with E-state index >= 15 is 0 Å². The van der Waals surface area contributed by atoms with Crippen LogP contribution < -0.4 is 5.32 Å². The molecular formula is C15H30N2O2. The van der Waals surface area contributed by atoms with Gasteiger partial charge in [0.05, 0.1) is 6.42 Å². The minimum absolute atomic E-state index is 0.120. The highest BCUT2D eigenvalue weighted by molar-refractivity contribution is 5.70.